The van der Waals surface area contributed by atoms with Crippen LogP contribution in [0.4, 0.5) is 0 Å². The lowest BCUT2D eigenvalue weighted by Gasteiger charge is -2.24. The van der Waals surface area contributed by atoms with Crippen molar-refractivity contribution in [2.45, 2.75) is 19.2 Å². The number of carbonyl (C=O) groups is 2. The summed E-state index contributed by atoms with van der Waals surface area (Å²) in [7, 11) is 0. The van der Waals surface area contributed by atoms with Gasteiger partial charge in [-0.3, -0.25) is 9.59 Å². The summed E-state index contributed by atoms with van der Waals surface area (Å²) < 4.78 is 0. The highest BCUT2D eigenvalue weighted by Crippen LogP contribution is 2.39. The third kappa shape index (κ3) is 3.32. The topological polar surface area (TPSA) is 37.4 Å². The smallest absolute Gasteiger partial charge is 0.234 e. The van der Waals surface area contributed by atoms with Gasteiger partial charge in [0, 0.05) is 5.56 Å². The summed E-state index contributed by atoms with van der Waals surface area (Å²) in [6.45, 7) is 4.27. The number of hydrogen-bond donors (Lipinski definition) is 0. The second-order valence-corrected chi connectivity index (χ2v) is 6.89. The van der Waals surface area contributed by atoms with Crippen molar-refractivity contribution in [3.8, 4) is 0 Å². The highest BCUT2D eigenvalue weighted by Gasteiger charge is 2.34. The summed E-state index contributed by atoms with van der Waals surface area (Å²) in [5.41, 5.74) is 4.17. The molecule has 2 aromatic rings. The van der Waals surface area contributed by atoms with Crippen LogP contribution in [0.25, 0.3) is 0 Å². The van der Waals surface area contributed by atoms with Crippen LogP contribution in [0.15, 0.2) is 48.5 Å². The van der Waals surface area contributed by atoms with Crippen molar-refractivity contribution >= 4 is 23.5 Å². The molecule has 23 heavy (non-hydrogen) atoms. The third-order valence-electron chi connectivity index (χ3n) is 4.19. The fourth-order valence-corrected chi connectivity index (χ4v) is 3.87. The maximum Gasteiger partial charge on any atom is 0.234 e. The van der Waals surface area contributed by atoms with Gasteiger partial charge in [-0.25, -0.2) is 0 Å². The van der Waals surface area contributed by atoms with E-state index in [9.17, 15) is 9.59 Å². The molecule has 0 bridgehead atoms. The molecule has 3 rings (SSSR count). The van der Waals surface area contributed by atoms with E-state index in [0.29, 0.717) is 11.3 Å². The molecule has 1 aliphatic heterocycles. The summed E-state index contributed by atoms with van der Waals surface area (Å²) in [5, 5.41) is -0.0746. The van der Waals surface area contributed by atoms with E-state index in [1.807, 2.05) is 18.2 Å². The van der Waals surface area contributed by atoms with Crippen LogP contribution < -0.4 is 0 Å². The van der Waals surface area contributed by atoms with Crippen LogP contribution in [0.3, 0.4) is 0 Å². The zero-order valence-electron chi connectivity index (χ0n) is 13.3. The fraction of sp³-hybridized carbons (Fsp3) is 0.263. The standard InChI is InChI=1S/C19H19NO2S/c1-13-8-9-16(10-14(13)2)19-20(18(22)12-23-19)11-17(21)15-6-4-3-5-7-15/h3-10,19H,11-12H2,1-2H3. The Morgan fingerprint density at radius 1 is 1.13 bits per heavy atom. The molecule has 1 unspecified atom stereocenters. The highest BCUT2D eigenvalue weighted by molar-refractivity contribution is 8.00. The van der Waals surface area contributed by atoms with Crippen LogP contribution in [-0.4, -0.2) is 28.9 Å². The predicted molar refractivity (Wildman–Crippen MR) is 93.6 cm³/mol. The van der Waals surface area contributed by atoms with Crippen LogP contribution >= 0.6 is 11.8 Å². The summed E-state index contributed by atoms with van der Waals surface area (Å²) in [4.78, 5) is 26.4. The Morgan fingerprint density at radius 2 is 1.87 bits per heavy atom. The number of nitrogens with zero attached hydrogens (tertiary/aromatic N) is 1. The van der Waals surface area contributed by atoms with Gasteiger partial charge >= 0.3 is 0 Å². The number of carbonyl (C=O) groups excluding carboxylic acids is 2. The molecule has 0 spiro atoms. The molecule has 1 aliphatic rings. The highest BCUT2D eigenvalue weighted by atomic mass is 32.2. The lowest BCUT2D eigenvalue weighted by Crippen LogP contribution is -2.33. The molecule has 0 saturated carbocycles. The van der Waals surface area contributed by atoms with Crippen molar-refractivity contribution in [3.05, 3.63) is 70.8 Å². The molecule has 1 atom stereocenters. The van der Waals surface area contributed by atoms with Crippen molar-refractivity contribution < 1.29 is 9.59 Å². The van der Waals surface area contributed by atoms with Gasteiger partial charge in [-0.05, 0) is 30.5 Å². The van der Waals surface area contributed by atoms with Crippen molar-refractivity contribution in [1.29, 1.82) is 0 Å². The van der Waals surface area contributed by atoms with E-state index in [1.165, 1.54) is 11.1 Å². The number of thioether (sulfide) groups is 1. The quantitative estimate of drug-likeness (QED) is 0.803. The van der Waals surface area contributed by atoms with Crippen LogP contribution in [-0.2, 0) is 4.79 Å². The Kier molecular flexibility index (Phi) is 4.53. The van der Waals surface area contributed by atoms with E-state index in [4.69, 9.17) is 0 Å². The molecule has 0 N–H and O–H groups in total. The maximum absolute atomic E-state index is 12.4. The van der Waals surface area contributed by atoms with Gasteiger partial charge < -0.3 is 4.90 Å². The van der Waals surface area contributed by atoms with Crippen LogP contribution in [0.5, 0.6) is 0 Å². The van der Waals surface area contributed by atoms with Crippen molar-refractivity contribution in [2.75, 3.05) is 12.3 Å². The van der Waals surface area contributed by atoms with E-state index in [2.05, 4.69) is 32.0 Å². The molecule has 4 heteroatoms. The zero-order valence-corrected chi connectivity index (χ0v) is 14.1. The number of hydrogen-bond acceptors (Lipinski definition) is 3. The number of benzene rings is 2. The summed E-state index contributed by atoms with van der Waals surface area (Å²) >= 11 is 1.59. The molecule has 2 aromatic carbocycles. The predicted octanol–water partition coefficient (Wildman–Crippen LogP) is 3.76. The number of aryl methyl sites for hydroxylation is 2. The van der Waals surface area contributed by atoms with Gasteiger partial charge in [-0.15, -0.1) is 11.8 Å². The average molecular weight is 325 g/mol. The van der Waals surface area contributed by atoms with E-state index in [-0.39, 0.29) is 23.6 Å². The largest absolute Gasteiger partial charge is 0.318 e. The van der Waals surface area contributed by atoms with Crippen molar-refractivity contribution in [1.82, 2.24) is 4.90 Å². The zero-order chi connectivity index (χ0) is 16.4. The monoisotopic (exact) mass is 325 g/mol. The average Bonchev–Trinajstić information content (AvgIpc) is 2.92. The normalized spacial score (nSPS) is 17.6. The minimum absolute atomic E-state index is 0.0183. The summed E-state index contributed by atoms with van der Waals surface area (Å²) in [5.74, 6) is 0.442. The summed E-state index contributed by atoms with van der Waals surface area (Å²) in [6.07, 6.45) is 0. The van der Waals surface area contributed by atoms with Gasteiger partial charge in [0.25, 0.3) is 0 Å². The first-order valence-corrected chi connectivity index (χ1v) is 8.67. The lowest BCUT2D eigenvalue weighted by molar-refractivity contribution is -0.127. The van der Waals surface area contributed by atoms with Gasteiger partial charge in [0.15, 0.2) is 5.78 Å². The molecule has 1 fully saturated rings. The summed E-state index contributed by atoms with van der Waals surface area (Å²) in [6, 6.07) is 15.4. The minimum Gasteiger partial charge on any atom is -0.318 e. The second-order valence-electron chi connectivity index (χ2n) is 5.82. The Labute approximate surface area is 140 Å². The number of ketones is 1. The van der Waals surface area contributed by atoms with Gasteiger partial charge in [-0.2, -0.15) is 0 Å². The fourth-order valence-electron chi connectivity index (χ4n) is 2.69. The number of Topliss-reactive ketones (excluding diaryl/α,β-unsaturated/α-hetero) is 1. The van der Waals surface area contributed by atoms with Gasteiger partial charge in [0.05, 0.1) is 12.3 Å². The molecule has 118 valence electrons. The van der Waals surface area contributed by atoms with E-state index < -0.39 is 0 Å². The second kappa shape index (κ2) is 6.59. The number of amides is 1. The van der Waals surface area contributed by atoms with E-state index >= 15 is 0 Å². The Balaban J connectivity index is 1.82. The van der Waals surface area contributed by atoms with Gasteiger partial charge in [-0.1, -0.05) is 48.5 Å². The molecule has 0 aromatic heterocycles. The molecule has 0 radical (unpaired) electrons. The van der Waals surface area contributed by atoms with Crippen LogP contribution in [0.2, 0.25) is 0 Å². The van der Waals surface area contributed by atoms with Gasteiger partial charge in [0.2, 0.25) is 5.91 Å². The van der Waals surface area contributed by atoms with E-state index in [1.54, 1.807) is 28.8 Å². The molecule has 1 amide bonds. The molecule has 1 saturated heterocycles. The van der Waals surface area contributed by atoms with Crippen molar-refractivity contribution in [2.24, 2.45) is 0 Å². The van der Waals surface area contributed by atoms with Gasteiger partial charge in [0.1, 0.15) is 5.37 Å². The lowest BCUT2D eigenvalue weighted by atomic mass is 10.1. The molecular formula is C19H19NO2S. The Bertz CT molecular complexity index is 742. The maximum atomic E-state index is 12.4. The first kappa shape index (κ1) is 15.8. The number of rotatable bonds is 4. The van der Waals surface area contributed by atoms with Crippen molar-refractivity contribution in [3.63, 3.8) is 0 Å². The molecule has 0 aliphatic carbocycles. The molecular weight excluding hydrogens is 306 g/mol. The SMILES string of the molecule is Cc1ccc(C2SCC(=O)N2CC(=O)c2ccccc2)cc1C. The molecule has 3 nitrogen and oxygen atoms in total. The van der Waals surface area contributed by atoms with E-state index in [0.717, 1.165) is 5.56 Å². The first-order valence-electron chi connectivity index (χ1n) is 7.63. The van der Waals surface area contributed by atoms with Crippen LogP contribution in [0.1, 0.15) is 32.4 Å². The third-order valence-corrected chi connectivity index (χ3v) is 5.45. The Hall–Kier alpha value is -2.07. The Morgan fingerprint density at radius 3 is 2.57 bits per heavy atom. The van der Waals surface area contributed by atoms with Crippen LogP contribution in [0, 0.1) is 13.8 Å². The first-order chi connectivity index (χ1) is 11.1. The minimum atomic E-state index is -0.0746. The molecule has 1 heterocycles.